The van der Waals surface area contributed by atoms with E-state index in [0.717, 1.165) is 19.4 Å². The van der Waals surface area contributed by atoms with Crippen LogP contribution in [0.3, 0.4) is 0 Å². The Balaban J connectivity index is 4.21. The number of carbonyl (C=O) groups is 1. The number of thiol groups is 1. The number of carbonyl (C=O) groups excluding carboxylic acids is 1. The summed E-state index contributed by atoms with van der Waals surface area (Å²) in [4.78, 5) is 10.8. The quantitative estimate of drug-likeness (QED) is 0.436. The number of hydrogen-bond acceptors (Lipinski definition) is 2. The SMILES string of the molecule is C[Si](C)(C)N(CCCCC(=O)S)[Si](C)(C)C. The van der Waals surface area contributed by atoms with Gasteiger partial charge in [0.15, 0.2) is 5.12 Å². The zero-order valence-electron chi connectivity index (χ0n) is 11.6. The largest absolute Gasteiger partial charge is 0.346 e. The van der Waals surface area contributed by atoms with E-state index in [1.54, 1.807) is 0 Å². The summed E-state index contributed by atoms with van der Waals surface area (Å²) < 4.78 is 2.77. The van der Waals surface area contributed by atoms with E-state index in [4.69, 9.17) is 0 Å². The van der Waals surface area contributed by atoms with Crippen molar-refractivity contribution >= 4 is 34.2 Å². The normalized spacial score (nSPS) is 13.2. The molecule has 0 atom stereocenters. The highest BCUT2D eigenvalue weighted by Gasteiger charge is 2.33. The second-order valence-corrected chi connectivity index (χ2v) is 17.1. The summed E-state index contributed by atoms with van der Waals surface area (Å²) in [5.74, 6) is 0. The van der Waals surface area contributed by atoms with Crippen LogP contribution in [0.5, 0.6) is 0 Å². The third kappa shape index (κ3) is 6.88. The fraction of sp³-hybridized carbons (Fsp3) is 0.909. The van der Waals surface area contributed by atoms with Gasteiger partial charge < -0.3 is 4.23 Å². The van der Waals surface area contributed by atoms with Crippen LogP contribution < -0.4 is 0 Å². The molecule has 0 aliphatic carbocycles. The van der Waals surface area contributed by atoms with E-state index in [9.17, 15) is 4.79 Å². The third-order valence-corrected chi connectivity index (χ3v) is 10.6. The van der Waals surface area contributed by atoms with Crippen molar-refractivity contribution in [1.82, 2.24) is 4.23 Å². The summed E-state index contributed by atoms with van der Waals surface area (Å²) >= 11 is 3.80. The lowest BCUT2D eigenvalue weighted by Gasteiger charge is -2.43. The second kappa shape index (κ2) is 6.37. The zero-order valence-corrected chi connectivity index (χ0v) is 14.5. The van der Waals surface area contributed by atoms with Gasteiger partial charge in [0.2, 0.25) is 0 Å². The third-order valence-electron chi connectivity index (χ3n) is 2.64. The van der Waals surface area contributed by atoms with Gasteiger partial charge >= 0.3 is 0 Å². The van der Waals surface area contributed by atoms with Gasteiger partial charge in [-0.25, -0.2) is 0 Å². The molecule has 2 nitrogen and oxygen atoms in total. The van der Waals surface area contributed by atoms with Crippen molar-refractivity contribution in [3.8, 4) is 0 Å². The average Bonchev–Trinajstić information content (AvgIpc) is 1.97. The Hall–Kier alpha value is 0.414. The molecular formula is C11H27NOSSi2. The molecule has 0 aliphatic heterocycles. The lowest BCUT2D eigenvalue weighted by Crippen LogP contribution is -2.59. The molecule has 0 aromatic rings. The standard InChI is InChI=1S/C11H27NOSSi2/c1-15(2,3)12(16(4,5)6)10-8-7-9-11(13)14/h7-10H2,1-6H3,(H,13,14). The maximum absolute atomic E-state index is 10.8. The molecule has 0 heterocycles. The van der Waals surface area contributed by atoms with Gasteiger partial charge in [-0.2, -0.15) is 0 Å². The fourth-order valence-electron chi connectivity index (χ4n) is 2.22. The van der Waals surface area contributed by atoms with Crippen LogP contribution in [0.25, 0.3) is 0 Å². The van der Waals surface area contributed by atoms with Crippen LogP contribution in [0.1, 0.15) is 19.3 Å². The summed E-state index contributed by atoms with van der Waals surface area (Å²) in [6.45, 7) is 15.6. The van der Waals surface area contributed by atoms with Crippen molar-refractivity contribution < 1.29 is 4.79 Å². The molecule has 0 radical (unpaired) electrons. The van der Waals surface area contributed by atoms with E-state index in [2.05, 4.69) is 56.1 Å². The van der Waals surface area contributed by atoms with E-state index in [-0.39, 0.29) is 5.12 Å². The molecule has 0 N–H and O–H groups in total. The van der Waals surface area contributed by atoms with E-state index >= 15 is 0 Å². The topological polar surface area (TPSA) is 20.3 Å². The van der Waals surface area contributed by atoms with Gasteiger partial charge in [0.1, 0.15) is 16.5 Å². The minimum absolute atomic E-state index is 0.0209. The van der Waals surface area contributed by atoms with E-state index in [1.165, 1.54) is 0 Å². The number of unbranched alkanes of at least 4 members (excludes halogenated alkanes) is 1. The molecule has 0 aliphatic rings. The van der Waals surface area contributed by atoms with Crippen LogP contribution >= 0.6 is 12.6 Å². The molecule has 0 rings (SSSR count). The molecule has 0 aromatic carbocycles. The number of nitrogens with zero attached hydrogens (tertiary/aromatic N) is 1. The highest BCUT2D eigenvalue weighted by Crippen LogP contribution is 2.20. The Morgan fingerprint density at radius 3 is 1.75 bits per heavy atom. The maximum atomic E-state index is 10.8. The number of rotatable bonds is 7. The summed E-state index contributed by atoms with van der Waals surface area (Å²) in [7, 11) is -2.42. The number of hydrogen-bond donors (Lipinski definition) is 1. The Kier molecular flexibility index (Phi) is 6.54. The maximum Gasteiger partial charge on any atom is 0.185 e. The Labute approximate surface area is 108 Å². The minimum Gasteiger partial charge on any atom is -0.346 e. The molecular weight excluding hydrogens is 250 g/mol. The van der Waals surface area contributed by atoms with Crippen LogP contribution in [-0.4, -0.2) is 32.4 Å². The average molecular weight is 278 g/mol. The zero-order chi connectivity index (χ0) is 13.0. The molecule has 96 valence electrons. The summed E-state index contributed by atoms with van der Waals surface area (Å²) in [5, 5.41) is 0.0209. The van der Waals surface area contributed by atoms with Gasteiger partial charge in [0.25, 0.3) is 0 Å². The van der Waals surface area contributed by atoms with E-state index < -0.39 is 16.5 Å². The van der Waals surface area contributed by atoms with Crippen LogP contribution in [-0.2, 0) is 4.79 Å². The lowest BCUT2D eigenvalue weighted by molar-refractivity contribution is -0.110. The smallest absolute Gasteiger partial charge is 0.185 e. The molecule has 0 saturated heterocycles. The van der Waals surface area contributed by atoms with Crippen molar-refractivity contribution in [2.24, 2.45) is 0 Å². The van der Waals surface area contributed by atoms with Crippen molar-refractivity contribution in [3.63, 3.8) is 0 Å². The Bertz CT molecular complexity index is 219. The predicted octanol–water partition coefficient (Wildman–Crippen LogP) is 3.58. The highest BCUT2D eigenvalue weighted by molar-refractivity contribution is 7.96. The molecule has 0 fully saturated rings. The van der Waals surface area contributed by atoms with Crippen LogP contribution in [0.2, 0.25) is 39.3 Å². The van der Waals surface area contributed by atoms with Crippen molar-refractivity contribution in [1.29, 1.82) is 0 Å². The van der Waals surface area contributed by atoms with Crippen molar-refractivity contribution in [3.05, 3.63) is 0 Å². The summed E-state index contributed by atoms with van der Waals surface area (Å²) in [5.41, 5.74) is 0. The molecule has 0 saturated carbocycles. The van der Waals surface area contributed by atoms with Gasteiger partial charge in [-0.1, -0.05) is 39.3 Å². The van der Waals surface area contributed by atoms with Crippen molar-refractivity contribution in [2.75, 3.05) is 6.54 Å². The van der Waals surface area contributed by atoms with Crippen LogP contribution in [0.15, 0.2) is 0 Å². The van der Waals surface area contributed by atoms with Gasteiger partial charge in [0.05, 0.1) is 0 Å². The first kappa shape index (κ1) is 16.4. The monoisotopic (exact) mass is 277 g/mol. The van der Waals surface area contributed by atoms with Crippen LogP contribution in [0, 0.1) is 0 Å². The molecule has 5 heteroatoms. The molecule has 0 amide bonds. The van der Waals surface area contributed by atoms with Crippen molar-refractivity contribution in [2.45, 2.75) is 58.5 Å². The molecule has 0 unspecified atom stereocenters. The van der Waals surface area contributed by atoms with Gasteiger partial charge in [-0.05, 0) is 19.4 Å². The first-order chi connectivity index (χ1) is 7.05. The first-order valence-electron chi connectivity index (χ1n) is 6.04. The first-order valence-corrected chi connectivity index (χ1v) is 13.4. The lowest BCUT2D eigenvalue weighted by atomic mass is 10.2. The highest BCUT2D eigenvalue weighted by atomic mass is 32.1. The van der Waals surface area contributed by atoms with E-state index in [1.807, 2.05) is 0 Å². The summed E-state index contributed by atoms with van der Waals surface area (Å²) in [6, 6.07) is 0. The molecule has 0 bridgehead atoms. The van der Waals surface area contributed by atoms with Gasteiger partial charge in [-0.15, -0.1) is 12.6 Å². The second-order valence-electron chi connectivity index (χ2n) is 6.34. The summed E-state index contributed by atoms with van der Waals surface area (Å²) in [6.07, 6.45) is 2.73. The van der Waals surface area contributed by atoms with Gasteiger partial charge in [0, 0.05) is 6.42 Å². The minimum atomic E-state index is -1.21. The fourth-order valence-corrected chi connectivity index (χ4v) is 12.1. The molecule has 0 aromatic heterocycles. The molecule has 0 spiro atoms. The molecule has 16 heavy (non-hydrogen) atoms. The Morgan fingerprint density at radius 2 is 1.44 bits per heavy atom. The van der Waals surface area contributed by atoms with E-state index in [0.29, 0.717) is 6.42 Å². The Morgan fingerprint density at radius 1 is 1.00 bits per heavy atom. The van der Waals surface area contributed by atoms with Gasteiger partial charge in [-0.3, -0.25) is 4.79 Å². The van der Waals surface area contributed by atoms with Crippen LogP contribution in [0.4, 0.5) is 0 Å². The predicted molar refractivity (Wildman–Crippen MR) is 81.2 cm³/mol.